The first-order chi connectivity index (χ1) is 44.1. The van der Waals surface area contributed by atoms with Crippen molar-refractivity contribution in [3.8, 4) is 11.5 Å². The van der Waals surface area contributed by atoms with Gasteiger partial charge in [-0.3, -0.25) is 49.0 Å². The van der Waals surface area contributed by atoms with Gasteiger partial charge in [-0.25, -0.2) is 20.0 Å². The minimum Gasteiger partial charge on any atom is -0.507 e. The van der Waals surface area contributed by atoms with Crippen LogP contribution in [0.25, 0.3) is 33.7 Å². The van der Waals surface area contributed by atoms with Gasteiger partial charge in [0.05, 0.1) is 22.7 Å². The Morgan fingerprint density at radius 1 is 0.383 bits per heavy atom. The molecule has 0 aliphatic carbocycles. The minimum absolute atomic E-state index is 0.0372. The summed E-state index contributed by atoms with van der Waals surface area (Å²) in [5.41, 5.74) is 6.68. The number of nitrogens with one attached hydrogen (secondary N) is 6. The summed E-state index contributed by atoms with van der Waals surface area (Å²) in [7, 11) is -9.92. The minimum atomic E-state index is -4.96. The Kier molecular flexibility index (Phi) is 18.8. The van der Waals surface area contributed by atoms with E-state index in [1.165, 1.54) is 36.4 Å². The normalized spacial score (nSPS) is 14.2. The number of rotatable bonds is 14. The maximum Gasteiger partial charge on any atom is 0.295 e. The fraction of sp³-hybridized carbons (Fsp3) is 0.278. The van der Waals surface area contributed by atoms with Gasteiger partial charge >= 0.3 is 0 Å². The van der Waals surface area contributed by atoms with Crippen LogP contribution in [0.3, 0.4) is 0 Å². The Balaban J connectivity index is 1.01. The summed E-state index contributed by atoms with van der Waals surface area (Å²) in [5, 5.41) is 26.5. The number of hydrogen-bond donors (Lipinski definition) is 10. The standard InChI is InChI=1S/C72H80N12O8S2/c1-69(2,3)53-37-43(38-54(61(53)85)70(4,5)6)33-35-73-63-79-65(83-67(81-63)77-57-25-17-21-45-19-13-15-23-51(45)57)75-49-31-29-47(59(41-49)93(87,88)89)27-28-48-30-32-50(42-60(48)94(90,91)92)76-66-80-64(82-68(84-66)78-58-26-18-22-46-20-14-16-24-52(46)58)74-36-34-44-39-55(71(7,8)9)62(86)56(40-44)72(10,11)12/h13-32,37-42,85-86H,33-36H2,1-12H3,(H,87,88,89)(H,90,91,92)(H3,73,75,77,79,81,83)(H3,74,76,78,80,82,84)/b28-27+. The molecule has 0 spiro atoms. The second-order valence-electron chi connectivity index (χ2n) is 27.4. The van der Waals surface area contributed by atoms with E-state index in [9.17, 15) is 36.2 Å². The molecule has 0 fully saturated rings. The maximum atomic E-state index is 13.2. The molecule has 0 saturated carbocycles. The van der Waals surface area contributed by atoms with Gasteiger partial charge in [-0.05, 0) is 126 Å². The molecule has 22 heteroatoms. The number of aromatic nitrogens is 6. The Hall–Kier alpha value is -9.74. The van der Waals surface area contributed by atoms with E-state index in [1.807, 2.05) is 109 Å². The lowest BCUT2D eigenvalue weighted by molar-refractivity contribution is 0.422. The highest BCUT2D eigenvalue weighted by atomic mass is 32.2. The first-order valence-electron chi connectivity index (χ1n) is 30.8. The average molecular weight is 1310 g/mol. The second-order valence-corrected chi connectivity index (χ2v) is 30.1. The van der Waals surface area contributed by atoms with Gasteiger partial charge in [-0.2, -0.15) is 16.8 Å². The lowest BCUT2D eigenvalue weighted by Crippen LogP contribution is -2.37. The van der Waals surface area contributed by atoms with Gasteiger partial charge in [0, 0.05) is 23.9 Å². The number of fused-ring (bicyclic) bond motifs is 2. The Labute approximate surface area is 545 Å². The number of hydrogen-bond acceptors (Lipinski definition) is 12. The molecule has 94 heavy (non-hydrogen) atoms. The van der Waals surface area contributed by atoms with Crippen LogP contribution in [-0.4, -0.2) is 79.1 Å². The second kappa shape index (κ2) is 26.3. The third-order valence-corrected chi connectivity index (χ3v) is 17.6. The molecule has 0 atom stereocenters. The predicted molar refractivity (Wildman–Crippen MR) is 368 cm³/mol. The van der Waals surface area contributed by atoms with Crippen LogP contribution in [0, 0.1) is 0 Å². The smallest absolute Gasteiger partial charge is 0.295 e. The van der Waals surface area contributed by atoms with Crippen LogP contribution in [0.5, 0.6) is 11.5 Å². The van der Waals surface area contributed by atoms with Crippen LogP contribution in [0.2, 0.25) is 0 Å². The Morgan fingerprint density at radius 3 is 1.02 bits per heavy atom. The molecule has 0 bridgehead atoms. The highest BCUT2D eigenvalue weighted by Crippen LogP contribution is 2.42. The van der Waals surface area contributed by atoms with Crippen LogP contribution in [0.1, 0.15) is 128 Å². The van der Waals surface area contributed by atoms with Gasteiger partial charge in [-0.15, -0.1) is 0 Å². The van der Waals surface area contributed by atoms with Crippen LogP contribution in [0.4, 0.5) is 22.7 Å². The van der Waals surface area contributed by atoms with Gasteiger partial charge in [0.15, 0.2) is 0 Å². The highest BCUT2D eigenvalue weighted by Gasteiger charge is 2.28. The van der Waals surface area contributed by atoms with Gasteiger partial charge in [0.1, 0.15) is 21.3 Å². The molecule has 488 valence electrons. The van der Waals surface area contributed by atoms with Crippen molar-refractivity contribution in [2.24, 2.45) is 30.0 Å². The van der Waals surface area contributed by atoms with Crippen molar-refractivity contribution < 1.29 is 36.2 Å². The van der Waals surface area contributed by atoms with Crippen molar-refractivity contribution >= 4 is 76.7 Å². The lowest BCUT2D eigenvalue weighted by Gasteiger charge is -2.28. The summed E-state index contributed by atoms with van der Waals surface area (Å²) in [6.07, 6.45) is 3.62. The molecule has 0 aliphatic heterocycles. The summed E-state index contributed by atoms with van der Waals surface area (Å²) >= 11 is 0. The molecule has 8 aromatic carbocycles. The third-order valence-electron chi connectivity index (χ3n) is 15.8. The van der Waals surface area contributed by atoms with E-state index in [1.54, 1.807) is 0 Å². The molecule has 0 saturated heterocycles. The zero-order valence-corrected chi connectivity index (χ0v) is 56.4. The van der Waals surface area contributed by atoms with E-state index in [-0.39, 0.29) is 89.4 Å². The number of aromatic hydroxyl groups is 2. The summed E-state index contributed by atoms with van der Waals surface area (Å²) in [6, 6.07) is 43.3. The van der Waals surface area contributed by atoms with E-state index >= 15 is 0 Å². The lowest BCUT2D eigenvalue weighted by atomic mass is 9.78. The molecule has 0 radical (unpaired) electrons. The Bertz CT molecular complexity index is 4900. The SMILES string of the molecule is CC(C)(C)c1cc(CCN=c2[nH]c(=Nc3ccc(/C=C/c4ccc(N=c5[nH]c(=NCCc6cc(C(C)(C)C)c(O)c(C(C)(C)C)c6)[nH]c(=Nc6cccc7ccccc67)[nH]5)cc4S(=O)(=O)O)c(S(=O)(=O)O)c3)[nH]c(=Nc3cccc4ccccc34)[nH]2)cc(C(C)(C)C)c1O. The summed E-state index contributed by atoms with van der Waals surface area (Å²) in [5.74, 6) is 0.567. The Morgan fingerprint density at radius 2 is 0.691 bits per heavy atom. The highest BCUT2D eigenvalue weighted by molar-refractivity contribution is 7.86. The fourth-order valence-corrected chi connectivity index (χ4v) is 12.4. The van der Waals surface area contributed by atoms with Crippen molar-refractivity contribution in [2.75, 3.05) is 13.1 Å². The monoisotopic (exact) mass is 1300 g/mol. The summed E-state index contributed by atoms with van der Waals surface area (Å²) < 4.78 is 74.2. The first kappa shape index (κ1) is 67.2. The zero-order chi connectivity index (χ0) is 67.7. The molecule has 20 nitrogen and oxygen atoms in total. The van der Waals surface area contributed by atoms with Gasteiger partial charge < -0.3 is 10.2 Å². The number of phenolic OH excluding ortho intramolecular Hbond substituents is 2. The van der Waals surface area contributed by atoms with Gasteiger partial charge in [0.25, 0.3) is 20.2 Å². The summed E-state index contributed by atoms with van der Waals surface area (Å²) in [6.45, 7) is 25.4. The van der Waals surface area contributed by atoms with Crippen molar-refractivity contribution in [1.29, 1.82) is 0 Å². The molecule has 0 amide bonds. The summed E-state index contributed by atoms with van der Waals surface area (Å²) in [4.78, 5) is 46.9. The quantitative estimate of drug-likeness (QED) is 0.0368. The molecule has 2 heterocycles. The largest absolute Gasteiger partial charge is 0.507 e. The maximum absolute atomic E-state index is 13.2. The number of aromatic amines is 6. The van der Waals surface area contributed by atoms with Crippen LogP contribution in [0.15, 0.2) is 185 Å². The van der Waals surface area contributed by atoms with Crippen LogP contribution >= 0.6 is 0 Å². The topological polar surface area (TPSA) is 318 Å². The first-order valence-corrected chi connectivity index (χ1v) is 33.7. The molecule has 10 rings (SSSR count). The number of benzene rings is 8. The molecule has 2 aromatic heterocycles. The molecule has 10 N–H and O–H groups in total. The fourth-order valence-electron chi connectivity index (χ4n) is 11.0. The molecular weight excluding hydrogens is 1230 g/mol. The third kappa shape index (κ3) is 16.2. The molecule has 10 aromatic rings. The van der Waals surface area contributed by atoms with Crippen molar-refractivity contribution in [3.05, 3.63) is 224 Å². The molecule has 0 unspecified atom stereocenters. The van der Waals surface area contributed by atoms with Crippen LogP contribution in [-0.2, 0) is 54.7 Å². The zero-order valence-electron chi connectivity index (χ0n) is 54.8. The van der Waals surface area contributed by atoms with Gasteiger partial charge in [0.2, 0.25) is 33.7 Å². The van der Waals surface area contributed by atoms with Gasteiger partial charge in [-0.1, -0.05) is 204 Å². The van der Waals surface area contributed by atoms with E-state index < -0.39 is 30.0 Å². The van der Waals surface area contributed by atoms with Crippen molar-refractivity contribution in [3.63, 3.8) is 0 Å². The van der Waals surface area contributed by atoms with E-state index in [2.05, 4.69) is 113 Å². The number of nitrogens with zero attached hydrogens (tertiary/aromatic N) is 6. The van der Waals surface area contributed by atoms with Crippen molar-refractivity contribution in [2.45, 2.75) is 127 Å². The van der Waals surface area contributed by atoms with Crippen molar-refractivity contribution in [1.82, 2.24) is 29.9 Å². The number of phenols is 2. The predicted octanol–water partition coefficient (Wildman–Crippen LogP) is 12.4. The molecular formula is C72H80N12O8S2. The van der Waals surface area contributed by atoms with E-state index in [0.717, 1.165) is 67.1 Å². The molecule has 0 aliphatic rings. The van der Waals surface area contributed by atoms with E-state index in [4.69, 9.17) is 30.0 Å². The van der Waals surface area contributed by atoms with Crippen LogP contribution < -0.4 is 33.7 Å². The number of H-pyrrole nitrogens is 6. The van der Waals surface area contributed by atoms with E-state index in [0.29, 0.717) is 37.3 Å². The average Bonchev–Trinajstić information content (AvgIpc) is 0.808.